The summed E-state index contributed by atoms with van der Waals surface area (Å²) in [6.07, 6.45) is -8.53. The Labute approximate surface area is 163 Å². The van der Waals surface area contributed by atoms with Gasteiger partial charge in [0, 0.05) is 9.79 Å². The first-order valence-corrected chi connectivity index (χ1v) is 9.94. The van der Waals surface area contributed by atoms with E-state index in [0.717, 1.165) is 40.9 Å². The zero-order valence-corrected chi connectivity index (χ0v) is 16.2. The van der Waals surface area contributed by atoms with E-state index in [2.05, 4.69) is 15.9 Å². The average molecular weight is 479 g/mol. The molecule has 0 amide bonds. The second-order valence-corrected chi connectivity index (χ2v) is 7.94. The topological polar surface area (TPSA) is 20.2 Å². The van der Waals surface area contributed by atoms with Gasteiger partial charge in [-0.1, -0.05) is 27.7 Å². The van der Waals surface area contributed by atoms with Crippen molar-refractivity contribution in [1.29, 1.82) is 0 Å². The SMILES string of the molecule is FC(F)(F)c1ccc(SCBr)cc1.OCSc1ccc(C(F)(F)F)cc1. The third-order valence-electron chi connectivity index (χ3n) is 2.82. The van der Waals surface area contributed by atoms with Crippen LogP contribution in [0.25, 0.3) is 0 Å². The molecular weight excluding hydrogens is 466 g/mol. The first kappa shape index (κ1) is 23.2. The lowest BCUT2D eigenvalue weighted by Gasteiger charge is -2.06. The Hall–Kier alpha value is -0.840. The van der Waals surface area contributed by atoms with Gasteiger partial charge in [0.05, 0.1) is 21.7 Å². The van der Waals surface area contributed by atoms with E-state index in [1.54, 1.807) is 0 Å². The summed E-state index contributed by atoms with van der Waals surface area (Å²) in [5, 5.41) is 8.49. The molecule has 0 heterocycles. The zero-order chi connectivity index (χ0) is 19.8. The first-order valence-electron chi connectivity index (χ1n) is 6.85. The van der Waals surface area contributed by atoms with Crippen LogP contribution in [-0.4, -0.2) is 15.7 Å². The lowest BCUT2D eigenvalue weighted by Crippen LogP contribution is -2.03. The van der Waals surface area contributed by atoms with Crippen LogP contribution in [-0.2, 0) is 12.4 Å². The molecule has 0 aromatic heterocycles. The van der Waals surface area contributed by atoms with Crippen molar-refractivity contribution in [2.45, 2.75) is 22.1 Å². The Balaban J connectivity index is 0.000000260. The van der Waals surface area contributed by atoms with Gasteiger partial charge in [0.1, 0.15) is 0 Å². The third kappa shape index (κ3) is 8.24. The Bertz CT molecular complexity index is 597. The molecule has 10 heteroatoms. The number of aliphatic hydroxyl groups is 1. The lowest BCUT2D eigenvalue weighted by atomic mass is 10.2. The van der Waals surface area contributed by atoms with Crippen molar-refractivity contribution in [2.75, 3.05) is 10.6 Å². The van der Waals surface area contributed by atoms with Gasteiger partial charge in [0.2, 0.25) is 0 Å². The molecule has 26 heavy (non-hydrogen) atoms. The summed E-state index contributed by atoms with van der Waals surface area (Å²) in [6, 6.07) is 9.78. The fourth-order valence-electron chi connectivity index (χ4n) is 1.62. The molecular formula is C16H13BrF6OS2. The molecule has 0 fully saturated rings. The van der Waals surface area contributed by atoms with Crippen molar-refractivity contribution in [3.05, 3.63) is 59.7 Å². The van der Waals surface area contributed by atoms with Crippen molar-refractivity contribution >= 4 is 39.5 Å². The highest BCUT2D eigenvalue weighted by Crippen LogP contribution is 2.31. The number of thioether (sulfide) groups is 2. The number of hydrogen-bond acceptors (Lipinski definition) is 3. The van der Waals surface area contributed by atoms with E-state index in [-0.39, 0.29) is 5.94 Å². The summed E-state index contributed by atoms with van der Waals surface area (Å²) >= 11 is 5.71. The first-order chi connectivity index (χ1) is 12.1. The van der Waals surface area contributed by atoms with Crippen LogP contribution in [0, 0.1) is 0 Å². The van der Waals surface area contributed by atoms with Gasteiger partial charge in [-0.2, -0.15) is 26.3 Å². The fourth-order valence-corrected chi connectivity index (χ4v) is 3.34. The maximum atomic E-state index is 12.1. The van der Waals surface area contributed by atoms with Crippen LogP contribution in [0.2, 0.25) is 0 Å². The van der Waals surface area contributed by atoms with E-state index < -0.39 is 23.5 Å². The summed E-state index contributed by atoms with van der Waals surface area (Å²) in [7, 11) is 0. The summed E-state index contributed by atoms with van der Waals surface area (Å²) in [5.41, 5.74) is -1.28. The van der Waals surface area contributed by atoms with Gasteiger partial charge in [0.25, 0.3) is 0 Å². The van der Waals surface area contributed by atoms with Gasteiger partial charge >= 0.3 is 12.4 Å². The molecule has 144 valence electrons. The molecule has 2 aromatic rings. The fraction of sp³-hybridized carbons (Fsp3) is 0.250. The predicted octanol–water partition coefficient (Wildman–Crippen LogP) is 6.90. The highest BCUT2D eigenvalue weighted by Gasteiger charge is 2.30. The largest absolute Gasteiger partial charge is 0.416 e. The Morgan fingerprint density at radius 3 is 1.31 bits per heavy atom. The van der Waals surface area contributed by atoms with Gasteiger partial charge in [-0.3, -0.25) is 0 Å². The van der Waals surface area contributed by atoms with E-state index in [9.17, 15) is 26.3 Å². The van der Waals surface area contributed by atoms with Crippen LogP contribution in [0.3, 0.4) is 0 Å². The predicted molar refractivity (Wildman–Crippen MR) is 95.5 cm³/mol. The van der Waals surface area contributed by atoms with Crippen molar-refractivity contribution in [3.63, 3.8) is 0 Å². The zero-order valence-electron chi connectivity index (χ0n) is 12.9. The number of alkyl halides is 7. The highest BCUT2D eigenvalue weighted by atomic mass is 79.9. The van der Waals surface area contributed by atoms with Gasteiger partial charge in [-0.15, -0.1) is 11.8 Å². The molecule has 0 aliphatic rings. The summed E-state index contributed by atoms with van der Waals surface area (Å²) in [5.74, 6) is -0.134. The maximum absolute atomic E-state index is 12.1. The molecule has 0 spiro atoms. The van der Waals surface area contributed by atoms with Gasteiger partial charge < -0.3 is 5.11 Å². The van der Waals surface area contributed by atoms with E-state index in [1.165, 1.54) is 36.0 Å². The third-order valence-corrected chi connectivity index (χ3v) is 4.95. The average Bonchev–Trinajstić information content (AvgIpc) is 2.55. The Kier molecular flexibility index (Phi) is 9.35. The highest BCUT2D eigenvalue weighted by molar-refractivity contribution is 9.11. The number of aliphatic hydroxyl groups excluding tert-OH is 1. The summed E-state index contributed by atoms with van der Waals surface area (Å²) in [4.78, 5) is 1.44. The Morgan fingerprint density at radius 2 is 1.04 bits per heavy atom. The van der Waals surface area contributed by atoms with Crippen molar-refractivity contribution < 1.29 is 31.4 Å². The molecule has 2 rings (SSSR count). The molecule has 0 saturated heterocycles. The molecule has 0 radical (unpaired) electrons. The van der Waals surface area contributed by atoms with Crippen LogP contribution >= 0.6 is 39.5 Å². The number of benzene rings is 2. The van der Waals surface area contributed by atoms with Crippen LogP contribution < -0.4 is 0 Å². The summed E-state index contributed by atoms with van der Waals surface area (Å²) < 4.78 is 73.1. The normalized spacial score (nSPS) is 11.7. The smallest absolute Gasteiger partial charge is 0.385 e. The second kappa shape index (κ2) is 10.5. The minimum Gasteiger partial charge on any atom is -0.385 e. The minimum atomic E-state index is -4.29. The van der Waals surface area contributed by atoms with Crippen molar-refractivity contribution in [1.82, 2.24) is 0 Å². The molecule has 0 aliphatic carbocycles. The number of hydrogen-bond donors (Lipinski definition) is 1. The molecule has 0 atom stereocenters. The number of halogens is 7. The number of rotatable bonds is 4. The van der Waals surface area contributed by atoms with E-state index in [1.807, 2.05) is 0 Å². The summed E-state index contributed by atoms with van der Waals surface area (Å²) in [6.45, 7) is 0. The van der Waals surface area contributed by atoms with Crippen molar-refractivity contribution in [2.24, 2.45) is 0 Å². The quantitative estimate of drug-likeness (QED) is 0.223. The molecule has 0 unspecified atom stereocenters. The van der Waals surface area contributed by atoms with Crippen LogP contribution in [0.15, 0.2) is 58.3 Å². The van der Waals surface area contributed by atoms with Gasteiger partial charge in [-0.05, 0) is 48.5 Å². The van der Waals surface area contributed by atoms with Crippen LogP contribution in [0.5, 0.6) is 0 Å². The molecule has 0 bridgehead atoms. The molecule has 2 aromatic carbocycles. The Morgan fingerprint density at radius 1 is 0.692 bits per heavy atom. The van der Waals surface area contributed by atoms with E-state index in [4.69, 9.17) is 5.11 Å². The lowest BCUT2D eigenvalue weighted by molar-refractivity contribution is -0.138. The minimum absolute atomic E-state index is 0.134. The van der Waals surface area contributed by atoms with Gasteiger partial charge in [0.15, 0.2) is 0 Å². The standard InChI is InChI=1S/C8H6BrF3S.C8H7F3OS/c9-5-13-7-3-1-6(2-4-7)8(10,11)12;9-8(10,11)6-1-3-7(4-2-6)13-5-12/h1-4H,5H2;1-4,12H,5H2. The van der Waals surface area contributed by atoms with Gasteiger partial charge in [-0.25, -0.2) is 0 Å². The molecule has 0 saturated carbocycles. The van der Waals surface area contributed by atoms with Crippen LogP contribution in [0.1, 0.15) is 11.1 Å². The molecule has 0 aliphatic heterocycles. The maximum Gasteiger partial charge on any atom is 0.416 e. The second-order valence-electron chi connectivity index (χ2n) is 4.57. The van der Waals surface area contributed by atoms with Crippen molar-refractivity contribution in [3.8, 4) is 0 Å². The van der Waals surface area contributed by atoms with E-state index in [0.29, 0.717) is 9.56 Å². The van der Waals surface area contributed by atoms with Crippen LogP contribution in [0.4, 0.5) is 26.3 Å². The molecule has 1 N–H and O–H groups in total. The monoisotopic (exact) mass is 478 g/mol. The molecule has 1 nitrogen and oxygen atoms in total. The van der Waals surface area contributed by atoms with E-state index >= 15 is 0 Å².